The van der Waals surface area contributed by atoms with E-state index in [1.165, 1.54) is 0 Å². The number of methoxy groups -OCH3 is 1. The van der Waals surface area contributed by atoms with Crippen LogP contribution in [-0.2, 0) is 20.2 Å². The number of halogens is 1. The van der Waals surface area contributed by atoms with Gasteiger partial charge in [-0.2, -0.15) is 5.10 Å². The summed E-state index contributed by atoms with van der Waals surface area (Å²) < 4.78 is 12.8. The van der Waals surface area contributed by atoms with Crippen molar-refractivity contribution in [1.29, 1.82) is 0 Å². The summed E-state index contributed by atoms with van der Waals surface area (Å²) in [5.41, 5.74) is 8.23. The standard InChI is InChI=1S/C14H18ClN3O2/c1-9-14(15)11(18(2)17-9)8-20-13-6-10(7-16)4-5-12(13)19-3/h4-6H,7-8,16H2,1-3H3. The minimum Gasteiger partial charge on any atom is -0.493 e. The van der Waals surface area contributed by atoms with Crippen LogP contribution in [0.1, 0.15) is 17.0 Å². The number of nitrogens with zero attached hydrogens (tertiary/aromatic N) is 2. The fourth-order valence-electron chi connectivity index (χ4n) is 1.94. The molecule has 1 heterocycles. The Kier molecular flexibility index (Phi) is 4.52. The van der Waals surface area contributed by atoms with E-state index < -0.39 is 0 Å². The Balaban J connectivity index is 2.21. The quantitative estimate of drug-likeness (QED) is 0.920. The lowest BCUT2D eigenvalue weighted by molar-refractivity contribution is 0.275. The van der Waals surface area contributed by atoms with Gasteiger partial charge in [-0.05, 0) is 24.6 Å². The third-order valence-electron chi connectivity index (χ3n) is 3.09. The third kappa shape index (κ3) is 2.89. The highest BCUT2D eigenvalue weighted by Gasteiger charge is 2.13. The number of aromatic nitrogens is 2. The maximum atomic E-state index is 6.20. The van der Waals surface area contributed by atoms with Gasteiger partial charge in [0.15, 0.2) is 11.5 Å². The molecule has 0 saturated carbocycles. The first-order chi connectivity index (χ1) is 9.56. The van der Waals surface area contributed by atoms with Gasteiger partial charge >= 0.3 is 0 Å². The first kappa shape index (κ1) is 14.7. The molecule has 0 atom stereocenters. The number of hydrogen-bond donors (Lipinski definition) is 1. The van der Waals surface area contributed by atoms with E-state index in [1.54, 1.807) is 11.8 Å². The highest BCUT2D eigenvalue weighted by Crippen LogP contribution is 2.29. The molecular formula is C14H18ClN3O2. The molecule has 0 saturated heterocycles. The van der Waals surface area contributed by atoms with Crippen LogP contribution in [0.3, 0.4) is 0 Å². The Hall–Kier alpha value is -1.72. The van der Waals surface area contributed by atoms with Gasteiger partial charge in [-0.25, -0.2) is 0 Å². The molecule has 2 rings (SSSR count). The largest absolute Gasteiger partial charge is 0.493 e. The van der Waals surface area contributed by atoms with Gasteiger partial charge in [-0.1, -0.05) is 17.7 Å². The van der Waals surface area contributed by atoms with Crippen molar-refractivity contribution in [3.05, 3.63) is 40.2 Å². The fraction of sp³-hybridized carbons (Fsp3) is 0.357. The van der Waals surface area contributed by atoms with E-state index >= 15 is 0 Å². The molecule has 2 aromatic rings. The van der Waals surface area contributed by atoms with Crippen LogP contribution in [0.2, 0.25) is 5.02 Å². The SMILES string of the molecule is COc1ccc(CN)cc1OCc1c(Cl)c(C)nn1C. The van der Waals surface area contributed by atoms with E-state index in [0.717, 1.165) is 17.0 Å². The topological polar surface area (TPSA) is 62.3 Å². The summed E-state index contributed by atoms with van der Waals surface area (Å²) in [7, 11) is 3.44. The number of benzene rings is 1. The molecule has 0 fully saturated rings. The summed E-state index contributed by atoms with van der Waals surface area (Å²) in [6, 6.07) is 5.62. The lowest BCUT2D eigenvalue weighted by atomic mass is 10.2. The van der Waals surface area contributed by atoms with E-state index in [2.05, 4.69) is 5.10 Å². The van der Waals surface area contributed by atoms with Crippen molar-refractivity contribution < 1.29 is 9.47 Å². The molecule has 0 bridgehead atoms. The first-order valence-electron chi connectivity index (χ1n) is 6.24. The minimum absolute atomic E-state index is 0.320. The molecule has 0 amide bonds. The average molecular weight is 296 g/mol. The zero-order valence-electron chi connectivity index (χ0n) is 11.8. The van der Waals surface area contributed by atoms with Gasteiger partial charge in [0.05, 0.1) is 23.5 Å². The number of aryl methyl sites for hydroxylation is 2. The Bertz CT molecular complexity index is 611. The first-order valence-corrected chi connectivity index (χ1v) is 6.62. The van der Waals surface area contributed by atoms with Gasteiger partial charge in [0, 0.05) is 13.6 Å². The van der Waals surface area contributed by atoms with Crippen molar-refractivity contribution in [3.8, 4) is 11.5 Å². The third-order valence-corrected chi connectivity index (χ3v) is 3.58. The molecule has 6 heteroatoms. The normalized spacial score (nSPS) is 10.7. The number of hydrogen-bond acceptors (Lipinski definition) is 4. The Morgan fingerprint density at radius 2 is 2.10 bits per heavy atom. The van der Waals surface area contributed by atoms with Gasteiger partial charge in [-0.15, -0.1) is 0 Å². The lowest BCUT2D eigenvalue weighted by Gasteiger charge is -2.12. The molecule has 5 nitrogen and oxygen atoms in total. The molecule has 0 unspecified atom stereocenters. The summed E-state index contributed by atoms with van der Waals surface area (Å²) >= 11 is 6.20. The molecule has 108 valence electrons. The van der Waals surface area contributed by atoms with Crippen LogP contribution in [0.25, 0.3) is 0 Å². The maximum absolute atomic E-state index is 6.20. The molecule has 0 radical (unpaired) electrons. The minimum atomic E-state index is 0.320. The van der Waals surface area contributed by atoms with E-state index in [4.69, 9.17) is 26.8 Å². The van der Waals surface area contributed by atoms with E-state index in [9.17, 15) is 0 Å². The second-order valence-electron chi connectivity index (χ2n) is 4.45. The molecule has 20 heavy (non-hydrogen) atoms. The van der Waals surface area contributed by atoms with Gasteiger partial charge < -0.3 is 15.2 Å². The molecule has 1 aromatic carbocycles. The maximum Gasteiger partial charge on any atom is 0.162 e. The van der Waals surface area contributed by atoms with Crippen LogP contribution in [0.5, 0.6) is 11.5 Å². The smallest absolute Gasteiger partial charge is 0.162 e. The molecule has 2 N–H and O–H groups in total. The van der Waals surface area contributed by atoms with Crippen LogP contribution < -0.4 is 15.2 Å². The van der Waals surface area contributed by atoms with Crippen LogP contribution in [0.4, 0.5) is 0 Å². The predicted octanol–water partition coefficient (Wildman–Crippen LogP) is 2.43. The second-order valence-corrected chi connectivity index (χ2v) is 4.83. The molecule has 1 aromatic heterocycles. The van der Waals surface area contributed by atoms with Crippen LogP contribution in [-0.4, -0.2) is 16.9 Å². The highest BCUT2D eigenvalue weighted by molar-refractivity contribution is 6.31. The van der Waals surface area contributed by atoms with Crippen LogP contribution in [0.15, 0.2) is 18.2 Å². The second kappa shape index (κ2) is 6.15. The van der Waals surface area contributed by atoms with Crippen LogP contribution in [0, 0.1) is 6.92 Å². The highest BCUT2D eigenvalue weighted by atomic mass is 35.5. The van der Waals surface area contributed by atoms with Gasteiger partial charge in [0.25, 0.3) is 0 Å². The van der Waals surface area contributed by atoms with Crippen LogP contribution >= 0.6 is 11.6 Å². The zero-order chi connectivity index (χ0) is 14.7. The van der Waals surface area contributed by atoms with Crippen molar-refractivity contribution in [2.45, 2.75) is 20.1 Å². The molecule has 0 spiro atoms. The number of rotatable bonds is 5. The number of ether oxygens (including phenoxy) is 2. The molecule has 0 aliphatic carbocycles. The molecule has 0 aliphatic heterocycles. The Labute approximate surface area is 123 Å². The van der Waals surface area contributed by atoms with Crippen molar-refractivity contribution in [2.75, 3.05) is 7.11 Å². The van der Waals surface area contributed by atoms with Crippen molar-refractivity contribution in [2.24, 2.45) is 12.8 Å². The summed E-state index contributed by atoms with van der Waals surface area (Å²) in [5, 5.41) is 4.88. The van der Waals surface area contributed by atoms with Crippen molar-refractivity contribution in [3.63, 3.8) is 0 Å². The Morgan fingerprint density at radius 3 is 2.65 bits per heavy atom. The molecular weight excluding hydrogens is 278 g/mol. The zero-order valence-corrected chi connectivity index (χ0v) is 12.6. The van der Waals surface area contributed by atoms with Gasteiger partial charge in [0.2, 0.25) is 0 Å². The van der Waals surface area contributed by atoms with Gasteiger partial charge in [-0.3, -0.25) is 4.68 Å². The van der Waals surface area contributed by atoms with E-state index in [1.807, 2.05) is 32.2 Å². The summed E-state index contributed by atoms with van der Waals surface area (Å²) in [4.78, 5) is 0. The predicted molar refractivity (Wildman–Crippen MR) is 78.2 cm³/mol. The van der Waals surface area contributed by atoms with Crippen molar-refractivity contribution >= 4 is 11.6 Å². The lowest BCUT2D eigenvalue weighted by Crippen LogP contribution is -2.05. The van der Waals surface area contributed by atoms with E-state index in [-0.39, 0.29) is 0 Å². The summed E-state index contributed by atoms with van der Waals surface area (Å²) in [6.07, 6.45) is 0. The monoisotopic (exact) mass is 295 g/mol. The summed E-state index contributed by atoms with van der Waals surface area (Å²) in [6.45, 7) is 2.63. The Morgan fingerprint density at radius 1 is 1.35 bits per heavy atom. The van der Waals surface area contributed by atoms with Gasteiger partial charge in [0.1, 0.15) is 6.61 Å². The number of nitrogens with two attached hydrogens (primary N) is 1. The van der Waals surface area contributed by atoms with E-state index in [0.29, 0.717) is 29.7 Å². The molecule has 0 aliphatic rings. The summed E-state index contributed by atoms with van der Waals surface area (Å²) in [5.74, 6) is 1.31. The fourth-order valence-corrected chi connectivity index (χ4v) is 2.16. The average Bonchev–Trinajstić information content (AvgIpc) is 2.70. The van der Waals surface area contributed by atoms with Crippen molar-refractivity contribution in [1.82, 2.24) is 9.78 Å².